The summed E-state index contributed by atoms with van der Waals surface area (Å²) in [6, 6.07) is 0. The normalized spacial score (nSPS) is 57.3. The quantitative estimate of drug-likeness (QED) is 0.739. The molecule has 2 saturated heterocycles. The molecule has 4 fully saturated rings. The number of nitrogens with zero attached hydrogens (tertiary/aromatic N) is 1. The molecule has 4 aliphatic rings. The molecular weight excluding hydrogens is 254 g/mol. The number of rotatable bonds is 1. The lowest BCUT2D eigenvalue weighted by atomic mass is 9.53. The van der Waals surface area contributed by atoms with E-state index in [1.165, 1.54) is 0 Å². The van der Waals surface area contributed by atoms with Crippen molar-refractivity contribution in [2.45, 2.75) is 45.4 Å². The van der Waals surface area contributed by atoms with Gasteiger partial charge in [0.25, 0.3) is 0 Å². The van der Waals surface area contributed by atoms with E-state index in [9.17, 15) is 9.90 Å². The second-order valence-electron chi connectivity index (χ2n) is 7.97. The number of aliphatic hydroxyl groups is 1. The molecule has 0 aromatic heterocycles. The highest BCUT2D eigenvalue weighted by atomic mass is 16.6. The maximum Gasteiger partial charge on any atom is 0.310 e. The van der Waals surface area contributed by atoms with Crippen molar-refractivity contribution in [3.8, 4) is 0 Å². The first-order chi connectivity index (χ1) is 9.33. The van der Waals surface area contributed by atoms with Gasteiger partial charge in [-0.1, -0.05) is 20.8 Å². The molecule has 2 aliphatic heterocycles. The molecule has 2 heterocycles. The summed E-state index contributed by atoms with van der Waals surface area (Å²) in [5.41, 5.74) is -1.16. The average Bonchev–Trinajstić information content (AvgIpc) is 2.92. The molecule has 2 saturated carbocycles. The fourth-order valence-corrected chi connectivity index (χ4v) is 6.27. The Bertz CT molecular complexity index is 478. The molecule has 0 unspecified atom stereocenters. The van der Waals surface area contributed by atoms with Crippen LogP contribution in [0.15, 0.2) is 0 Å². The SMILES string of the molecule is CC(C)[C@H]1[C@H]2C(=O)O[C@H]1[C@@]1(O)N(C)C[C@H]3CC[C@@H]2[C@]31C. The van der Waals surface area contributed by atoms with Crippen LogP contribution in [0.2, 0.25) is 0 Å². The molecule has 0 amide bonds. The van der Waals surface area contributed by atoms with Gasteiger partial charge >= 0.3 is 5.97 Å². The molecular formula is C16H25NO3. The van der Waals surface area contributed by atoms with Crippen molar-refractivity contribution in [1.29, 1.82) is 0 Å². The van der Waals surface area contributed by atoms with Gasteiger partial charge in [-0.3, -0.25) is 9.69 Å². The Kier molecular flexibility index (Phi) is 2.34. The molecule has 0 spiro atoms. The van der Waals surface area contributed by atoms with E-state index in [2.05, 4.69) is 25.7 Å². The van der Waals surface area contributed by atoms with E-state index >= 15 is 0 Å². The zero-order chi connectivity index (χ0) is 14.4. The number of likely N-dealkylation sites (tertiary alicyclic amines) is 1. The van der Waals surface area contributed by atoms with Crippen LogP contribution in [0, 0.1) is 35.0 Å². The first-order valence-corrected chi connectivity index (χ1v) is 7.97. The largest absolute Gasteiger partial charge is 0.457 e. The van der Waals surface area contributed by atoms with Gasteiger partial charge in [-0.15, -0.1) is 0 Å². The zero-order valence-corrected chi connectivity index (χ0v) is 12.8. The molecule has 4 rings (SSSR count). The van der Waals surface area contributed by atoms with Crippen LogP contribution in [0.5, 0.6) is 0 Å². The third kappa shape index (κ3) is 1.09. The Balaban J connectivity index is 1.92. The molecule has 1 N–H and O–H groups in total. The van der Waals surface area contributed by atoms with Crippen LogP contribution in [-0.4, -0.2) is 41.4 Å². The summed E-state index contributed by atoms with van der Waals surface area (Å²) in [5.74, 6) is 1.23. The van der Waals surface area contributed by atoms with E-state index in [0.29, 0.717) is 11.8 Å². The minimum absolute atomic E-state index is 0.00164. The smallest absolute Gasteiger partial charge is 0.310 e. The van der Waals surface area contributed by atoms with Crippen LogP contribution in [0.3, 0.4) is 0 Å². The third-order valence-electron chi connectivity index (χ3n) is 7.19. The van der Waals surface area contributed by atoms with E-state index in [0.717, 1.165) is 19.4 Å². The van der Waals surface area contributed by atoms with E-state index < -0.39 is 5.72 Å². The number of hydrogen-bond donors (Lipinski definition) is 1. The van der Waals surface area contributed by atoms with Crippen molar-refractivity contribution >= 4 is 5.97 Å². The molecule has 0 aromatic rings. The highest BCUT2D eigenvalue weighted by Gasteiger charge is 2.78. The van der Waals surface area contributed by atoms with Crippen LogP contribution in [0.1, 0.15) is 33.6 Å². The van der Waals surface area contributed by atoms with Gasteiger partial charge < -0.3 is 9.84 Å². The Morgan fingerprint density at radius 3 is 2.75 bits per heavy atom. The summed E-state index contributed by atoms with van der Waals surface area (Å²) in [6.45, 7) is 7.44. The van der Waals surface area contributed by atoms with Crippen LogP contribution < -0.4 is 0 Å². The standard InChI is InChI=1S/C16H25NO3/c1-8(2)11-12-10-6-5-9-7-17(4)16(19,15(9,10)3)13(11)20-14(12)18/h8-13,19H,5-7H2,1-4H3/t9-,10+,11+,12+,13-,15+,16+/m1/s1. The molecule has 7 atom stereocenters. The van der Waals surface area contributed by atoms with Gasteiger partial charge in [0, 0.05) is 17.9 Å². The Labute approximate surface area is 120 Å². The highest BCUT2D eigenvalue weighted by Crippen LogP contribution is 2.70. The minimum atomic E-state index is -0.976. The van der Waals surface area contributed by atoms with Gasteiger partial charge in [-0.2, -0.15) is 0 Å². The minimum Gasteiger partial charge on any atom is -0.457 e. The van der Waals surface area contributed by atoms with Crippen LogP contribution in [-0.2, 0) is 9.53 Å². The topological polar surface area (TPSA) is 49.8 Å². The second-order valence-corrected chi connectivity index (χ2v) is 7.97. The van der Waals surface area contributed by atoms with E-state index in [1.807, 2.05) is 7.05 Å². The number of fused-ring (bicyclic) bond motifs is 4. The number of hydrogen-bond acceptors (Lipinski definition) is 4. The number of likely N-dealkylation sites (N-methyl/N-ethyl adjacent to an activating group) is 1. The van der Waals surface area contributed by atoms with Crippen molar-refractivity contribution in [3.63, 3.8) is 0 Å². The summed E-state index contributed by atoms with van der Waals surface area (Å²) < 4.78 is 5.73. The zero-order valence-electron chi connectivity index (χ0n) is 12.8. The van der Waals surface area contributed by atoms with Crippen LogP contribution in [0.4, 0.5) is 0 Å². The summed E-state index contributed by atoms with van der Waals surface area (Å²) in [5, 5.41) is 11.6. The van der Waals surface area contributed by atoms with Gasteiger partial charge in [-0.25, -0.2) is 0 Å². The lowest BCUT2D eigenvalue weighted by Gasteiger charge is -2.54. The van der Waals surface area contributed by atoms with Crippen molar-refractivity contribution in [2.24, 2.45) is 35.0 Å². The number of carbonyl (C=O) groups excluding carboxylic acids is 1. The number of ether oxygens (including phenoxy) is 1. The first-order valence-electron chi connectivity index (χ1n) is 7.97. The monoisotopic (exact) mass is 279 g/mol. The van der Waals surface area contributed by atoms with Gasteiger partial charge in [0.2, 0.25) is 0 Å². The molecule has 2 aliphatic carbocycles. The van der Waals surface area contributed by atoms with Crippen molar-refractivity contribution < 1.29 is 14.6 Å². The molecule has 112 valence electrons. The lowest BCUT2D eigenvalue weighted by molar-refractivity contribution is -0.247. The predicted octanol–water partition coefficient (Wildman–Crippen LogP) is 1.48. The fourth-order valence-electron chi connectivity index (χ4n) is 6.27. The van der Waals surface area contributed by atoms with Crippen LogP contribution >= 0.6 is 0 Å². The summed E-state index contributed by atoms with van der Waals surface area (Å²) in [4.78, 5) is 14.5. The summed E-state index contributed by atoms with van der Waals surface area (Å²) >= 11 is 0. The molecule has 4 heteroatoms. The fraction of sp³-hybridized carbons (Fsp3) is 0.938. The van der Waals surface area contributed by atoms with E-state index in [1.54, 1.807) is 0 Å². The average molecular weight is 279 g/mol. The second kappa shape index (κ2) is 3.58. The number of esters is 1. The van der Waals surface area contributed by atoms with E-state index in [4.69, 9.17) is 4.74 Å². The van der Waals surface area contributed by atoms with Gasteiger partial charge in [0.1, 0.15) is 6.10 Å². The van der Waals surface area contributed by atoms with Crippen LogP contribution in [0.25, 0.3) is 0 Å². The maximum absolute atomic E-state index is 12.4. The Hall–Kier alpha value is -0.610. The van der Waals surface area contributed by atoms with Gasteiger partial charge in [0.15, 0.2) is 5.72 Å². The Morgan fingerprint density at radius 2 is 2.10 bits per heavy atom. The molecule has 0 aromatic carbocycles. The molecule has 0 radical (unpaired) electrons. The van der Waals surface area contributed by atoms with Crippen molar-refractivity contribution in [1.82, 2.24) is 4.90 Å². The predicted molar refractivity (Wildman–Crippen MR) is 73.6 cm³/mol. The molecule has 20 heavy (non-hydrogen) atoms. The molecule has 2 bridgehead atoms. The van der Waals surface area contributed by atoms with Gasteiger partial charge in [-0.05, 0) is 37.6 Å². The van der Waals surface area contributed by atoms with Gasteiger partial charge in [0.05, 0.1) is 5.92 Å². The summed E-state index contributed by atoms with van der Waals surface area (Å²) in [7, 11) is 1.99. The summed E-state index contributed by atoms with van der Waals surface area (Å²) in [6.07, 6.45) is 1.84. The van der Waals surface area contributed by atoms with Crippen molar-refractivity contribution in [2.75, 3.05) is 13.6 Å². The lowest BCUT2D eigenvalue weighted by Crippen LogP contribution is -2.67. The number of carbonyl (C=O) groups is 1. The maximum atomic E-state index is 12.4. The highest BCUT2D eigenvalue weighted by molar-refractivity contribution is 5.77. The first kappa shape index (κ1) is 13.1. The third-order valence-corrected chi connectivity index (χ3v) is 7.19. The molecule has 4 nitrogen and oxygen atoms in total. The van der Waals surface area contributed by atoms with Crippen molar-refractivity contribution in [3.05, 3.63) is 0 Å². The Morgan fingerprint density at radius 1 is 1.40 bits per heavy atom. The van der Waals surface area contributed by atoms with E-state index in [-0.39, 0.29) is 35.2 Å².